The molecule has 0 aliphatic rings. The van der Waals surface area contributed by atoms with E-state index in [4.69, 9.17) is 0 Å². The zero-order chi connectivity index (χ0) is 8.69. The normalized spacial score (nSPS) is 8.82. The predicted octanol–water partition coefficient (Wildman–Crippen LogP) is 1.43. The molecule has 0 heterocycles. The van der Waals surface area contributed by atoms with E-state index in [9.17, 15) is 9.59 Å². The summed E-state index contributed by atoms with van der Waals surface area (Å²) in [6.07, 6.45) is 2.49. The van der Waals surface area contributed by atoms with Crippen LogP contribution in [0.3, 0.4) is 0 Å². The van der Waals surface area contributed by atoms with Gasteiger partial charge in [0, 0.05) is 5.57 Å². The van der Waals surface area contributed by atoms with Crippen LogP contribution in [0.25, 0.3) is 0 Å². The van der Waals surface area contributed by atoms with Gasteiger partial charge in [-0.1, -0.05) is 19.9 Å². The van der Waals surface area contributed by atoms with Crippen LogP contribution < -0.4 is 0 Å². The van der Waals surface area contributed by atoms with Gasteiger partial charge in [-0.05, 0) is 12.8 Å². The van der Waals surface area contributed by atoms with Crippen LogP contribution in [-0.4, -0.2) is 12.4 Å². The lowest BCUT2D eigenvalue weighted by Crippen LogP contribution is -2.05. The zero-order valence-corrected chi connectivity index (χ0v) is 6.63. The minimum atomic E-state index is -0.617. The standard InChI is InChI=1S/C8H12O3/c1-3-4-5-7(2)8(10)11-6-9/h6H,2-5H2,1H3. The van der Waals surface area contributed by atoms with Crippen molar-refractivity contribution in [3.05, 3.63) is 12.2 Å². The Bertz CT molecular complexity index is 161. The predicted molar refractivity (Wildman–Crippen MR) is 40.8 cm³/mol. The molecule has 0 saturated carbocycles. The van der Waals surface area contributed by atoms with Crippen LogP contribution in [0.4, 0.5) is 0 Å². The summed E-state index contributed by atoms with van der Waals surface area (Å²) < 4.78 is 4.08. The Morgan fingerprint density at radius 2 is 2.27 bits per heavy atom. The van der Waals surface area contributed by atoms with Crippen molar-refractivity contribution in [2.24, 2.45) is 0 Å². The molecule has 0 bridgehead atoms. The number of carbonyl (C=O) groups excluding carboxylic acids is 2. The third-order valence-corrected chi connectivity index (χ3v) is 1.28. The third kappa shape index (κ3) is 4.31. The molecule has 0 saturated heterocycles. The Kier molecular flexibility index (Phi) is 5.07. The topological polar surface area (TPSA) is 43.4 Å². The van der Waals surface area contributed by atoms with E-state index in [1.54, 1.807) is 0 Å². The molecule has 11 heavy (non-hydrogen) atoms. The van der Waals surface area contributed by atoms with Gasteiger partial charge in [0.1, 0.15) is 0 Å². The number of ether oxygens (including phenoxy) is 1. The van der Waals surface area contributed by atoms with Crippen molar-refractivity contribution in [2.75, 3.05) is 0 Å². The first-order valence-electron chi connectivity index (χ1n) is 3.54. The summed E-state index contributed by atoms with van der Waals surface area (Å²) in [6, 6.07) is 0. The van der Waals surface area contributed by atoms with Crippen molar-refractivity contribution in [2.45, 2.75) is 26.2 Å². The van der Waals surface area contributed by atoms with Crippen LogP contribution >= 0.6 is 0 Å². The number of rotatable bonds is 5. The Morgan fingerprint density at radius 3 is 2.73 bits per heavy atom. The molecule has 3 heteroatoms. The van der Waals surface area contributed by atoms with Crippen LogP contribution in [0, 0.1) is 0 Å². The molecule has 3 nitrogen and oxygen atoms in total. The van der Waals surface area contributed by atoms with E-state index in [1.165, 1.54) is 0 Å². The molecule has 0 aliphatic carbocycles. The van der Waals surface area contributed by atoms with Crippen molar-refractivity contribution in [3.63, 3.8) is 0 Å². The Hall–Kier alpha value is -1.12. The Morgan fingerprint density at radius 1 is 1.64 bits per heavy atom. The van der Waals surface area contributed by atoms with E-state index >= 15 is 0 Å². The quantitative estimate of drug-likeness (QED) is 0.262. The molecule has 0 amide bonds. The van der Waals surface area contributed by atoms with Crippen LogP contribution in [0.1, 0.15) is 26.2 Å². The molecule has 0 N–H and O–H groups in total. The average molecular weight is 156 g/mol. The molecule has 62 valence electrons. The maximum absolute atomic E-state index is 10.7. The Labute approximate surface area is 66.0 Å². The number of esters is 1. The average Bonchev–Trinajstić information content (AvgIpc) is 2.00. The first-order valence-corrected chi connectivity index (χ1v) is 3.54. The highest BCUT2D eigenvalue weighted by Gasteiger charge is 2.06. The molecule has 0 unspecified atom stereocenters. The maximum atomic E-state index is 10.7. The zero-order valence-electron chi connectivity index (χ0n) is 6.63. The molecule has 0 rings (SSSR count). The highest BCUT2D eigenvalue weighted by molar-refractivity contribution is 5.91. The largest absolute Gasteiger partial charge is 0.392 e. The molecule has 0 aromatic heterocycles. The molecule has 0 aliphatic heterocycles. The van der Waals surface area contributed by atoms with Gasteiger partial charge < -0.3 is 4.74 Å². The van der Waals surface area contributed by atoms with Crippen LogP contribution in [0.15, 0.2) is 12.2 Å². The molecule has 0 aromatic rings. The van der Waals surface area contributed by atoms with E-state index < -0.39 is 5.97 Å². The van der Waals surface area contributed by atoms with Gasteiger partial charge in [-0.3, -0.25) is 4.79 Å². The fourth-order valence-corrected chi connectivity index (χ4v) is 0.619. The van der Waals surface area contributed by atoms with Gasteiger partial charge in [0.2, 0.25) is 0 Å². The molecule has 0 radical (unpaired) electrons. The molecule has 0 atom stereocenters. The smallest absolute Gasteiger partial charge is 0.340 e. The highest BCUT2D eigenvalue weighted by Crippen LogP contribution is 2.05. The van der Waals surface area contributed by atoms with Gasteiger partial charge in [-0.2, -0.15) is 0 Å². The van der Waals surface area contributed by atoms with Crippen molar-refractivity contribution in [3.8, 4) is 0 Å². The molecule has 0 fully saturated rings. The maximum Gasteiger partial charge on any atom is 0.340 e. The van der Waals surface area contributed by atoms with Crippen LogP contribution in [-0.2, 0) is 14.3 Å². The fraction of sp³-hybridized carbons (Fsp3) is 0.500. The number of hydrogen-bond acceptors (Lipinski definition) is 3. The van der Waals surface area contributed by atoms with E-state index in [-0.39, 0.29) is 6.47 Å². The minimum Gasteiger partial charge on any atom is -0.392 e. The summed E-state index contributed by atoms with van der Waals surface area (Å²) in [5, 5.41) is 0. The van der Waals surface area contributed by atoms with Gasteiger partial charge in [-0.15, -0.1) is 0 Å². The number of unbranched alkanes of at least 4 members (excludes halogenated alkanes) is 1. The first-order chi connectivity index (χ1) is 5.22. The first kappa shape index (κ1) is 9.88. The number of hydrogen-bond donors (Lipinski definition) is 0. The lowest BCUT2D eigenvalue weighted by molar-refractivity contribution is -0.148. The number of carbonyl (C=O) groups is 2. The second-order valence-corrected chi connectivity index (χ2v) is 2.21. The van der Waals surface area contributed by atoms with E-state index in [0.29, 0.717) is 12.0 Å². The molecule has 0 aromatic carbocycles. The summed E-state index contributed by atoms with van der Waals surface area (Å²) in [4.78, 5) is 20.4. The molecular weight excluding hydrogens is 144 g/mol. The molecule has 0 spiro atoms. The summed E-state index contributed by atoms with van der Waals surface area (Å²) in [6.45, 7) is 5.61. The minimum absolute atomic E-state index is 0.124. The second-order valence-electron chi connectivity index (χ2n) is 2.21. The van der Waals surface area contributed by atoms with E-state index in [0.717, 1.165) is 12.8 Å². The van der Waals surface area contributed by atoms with Gasteiger partial charge >= 0.3 is 12.4 Å². The van der Waals surface area contributed by atoms with E-state index in [2.05, 4.69) is 11.3 Å². The van der Waals surface area contributed by atoms with Crippen LogP contribution in [0.5, 0.6) is 0 Å². The highest BCUT2D eigenvalue weighted by atomic mass is 16.6. The van der Waals surface area contributed by atoms with Gasteiger partial charge in [0.15, 0.2) is 0 Å². The van der Waals surface area contributed by atoms with Crippen molar-refractivity contribution in [1.29, 1.82) is 0 Å². The summed E-state index contributed by atoms with van der Waals surface area (Å²) in [7, 11) is 0. The third-order valence-electron chi connectivity index (χ3n) is 1.28. The summed E-state index contributed by atoms with van der Waals surface area (Å²) >= 11 is 0. The second kappa shape index (κ2) is 5.65. The monoisotopic (exact) mass is 156 g/mol. The van der Waals surface area contributed by atoms with Crippen molar-refractivity contribution >= 4 is 12.4 Å². The van der Waals surface area contributed by atoms with Crippen LogP contribution in [0.2, 0.25) is 0 Å². The van der Waals surface area contributed by atoms with Crippen molar-refractivity contribution < 1.29 is 14.3 Å². The summed E-state index contributed by atoms with van der Waals surface area (Å²) in [5.41, 5.74) is 0.360. The lowest BCUT2D eigenvalue weighted by Gasteiger charge is -1.99. The lowest BCUT2D eigenvalue weighted by atomic mass is 10.1. The van der Waals surface area contributed by atoms with Crippen molar-refractivity contribution in [1.82, 2.24) is 0 Å². The molecular formula is C8H12O3. The Balaban J connectivity index is 3.64. The van der Waals surface area contributed by atoms with Gasteiger partial charge in [0.05, 0.1) is 0 Å². The summed E-state index contributed by atoms with van der Waals surface area (Å²) in [5.74, 6) is -0.617. The van der Waals surface area contributed by atoms with Gasteiger partial charge in [-0.25, -0.2) is 4.79 Å². The fourth-order valence-electron chi connectivity index (χ4n) is 0.619. The van der Waals surface area contributed by atoms with Gasteiger partial charge in [0.25, 0.3) is 0 Å². The van der Waals surface area contributed by atoms with E-state index in [1.807, 2.05) is 6.92 Å². The SMILES string of the molecule is C=C(CCCC)C(=O)OC=O.